The summed E-state index contributed by atoms with van der Waals surface area (Å²) in [6, 6.07) is 8.00. The van der Waals surface area contributed by atoms with Crippen molar-refractivity contribution in [2.75, 3.05) is 12.4 Å². The molecule has 1 atom stereocenters. The van der Waals surface area contributed by atoms with Crippen LogP contribution in [0.4, 0.5) is 0 Å². The predicted octanol–water partition coefficient (Wildman–Crippen LogP) is 2.14. The lowest BCUT2D eigenvalue weighted by atomic mass is 9.99. The van der Waals surface area contributed by atoms with Crippen LogP contribution < -0.4 is 5.73 Å². The van der Waals surface area contributed by atoms with Crippen LogP contribution in [0.15, 0.2) is 29.4 Å². The molecule has 0 radical (unpaired) electrons. The molecule has 18 heavy (non-hydrogen) atoms. The van der Waals surface area contributed by atoms with Crippen molar-refractivity contribution in [2.45, 2.75) is 30.5 Å². The van der Waals surface area contributed by atoms with Gasteiger partial charge >= 0.3 is 0 Å². The summed E-state index contributed by atoms with van der Waals surface area (Å²) in [6.07, 6.45) is 1.78. The second-order valence-electron chi connectivity index (χ2n) is 4.82. The maximum Gasteiger partial charge on any atom is 0.166 e. The summed E-state index contributed by atoms with van der Waals surface area (Å²) in [7, 11) is 0. The molecule has 0 bridgehead atoms. The number of aromatic amines is 1. The zero-order chi connectivity index (χ0) is 13.0. The first-order chi connectivity index (χ1) is 8.61. The van der Waals surface area contributed by atoms with E-state index >= 15 is 0 Å². The number of hydrogen-bond acceptors (Lipinski definition) is 4. The van der Waals surface area contributed by atoms with Crippen molar-refractivity contribution >= 4 is 22.8 Å². The summed E-state index contributed by atoms with van der Waals surface area (Å²) in [6.45, 7) is 1.90. The van der Waals surface area contributed by atoms with Gasteiger partial charge in [-0.15, -0.1) is 0 Å². The summed E-state index contributed by atoms with van der Waals surface area (Å²) in [5, 5.41) is 10.00. The smallest absolute Gasteiger partial charge is 0.166 e. The molecule has 0 aliphatic rings. The molecule has 4 nitrogen and oxygen atoms in total. The van der Waals surface area contributed by atoms with Crippen molar-refractivity contribution in [1.82, 2.24) is 9.97 Å². The number of nitrogens with two attached hydrogens (primary N) is 1. The van der Waals surface area contributed by atoms with Crippen LogP contribution in [0, 0.1) is 0 Å². The third kappa shape index (κ3) is 3.48. The summed E-state index contributed by atoms with van der Waals surface area (Å²) >= 11 is 1.69. The van der Waals surface area contributed by atoms with E-state index in [-0.39, 0.29) is 6.61 Å². The number of nitrogens with zero attached hydrogens (tertiary/aromatic N) is 1. The summed E-state index contributed by atoms with van der Waals surface area (Å²) < 4.78 is 0. The maximum atomic E-state index is 9.06. The zero-order valence-electron chi connectivity index (χ0n) is 10.5. The van der Waals surface area contributed by atoms with E-state index in [1.54, 1.807) is 11.8 Å². The van der Waals surface area contributed by atoms with Crippen molar-refractivity contribution in [1.29, 1.82) is 0 Å². The maximum absolute atomic E-state index is 9.06. The van der Waals surface area contributed by atoms with E-state index in [2.05, 4.69) is 9.97 Å². The van der Waals surface area contributed by atoms with Gasteiger partial charge in [-0.25, -0.2) is 4.98 Å². The fraction of sp³-hybridized carbons (Fsp3) is 0.462. The van der Waals surface area contributed by atoms with Crippen LogP contribution in [0.1, 0.15) is 19.8 Å². The lowest BCUT2D eigenvalue weighted by Gasteiger charge is -2.20. The molecule has 2 aromatic rings. The van der Waals surface area contributed by atoms with Gasteiger partial charge in [0.15, 0.2) is 5.16 Å². The highest BCUT2D eigenvalue weighted by molar-refractivity contribution is 7.99. The van der Waals surface area contributed by atoms with Gasteiger partial charge in [-0.05, 0) is 31.9 Å². The van der Waals surface area contributed by atoms with Crippen molar-refractivity contribution in [2.24, 2.45) is 5.73 Å². The molecule has 2 rings (SSSR count). The van der Waals surface area contributed by atoms with Crippen LogP contribution in [-0.2, 0) is 0 Å². The molecule has 1 unspecified atom stereocenters. The number of hydrogen-bond donors (Lipinski definition) is 3. The normalized spacial score (nSPS) is 14.8. The molecule has 0 spiro atoms. The fourth-order valence-electron chi connectivity index (χ4n) is 1.72. The molecule has 0 saturated heterocycles. The first-order valence-electron chi connectivity index (χ1n) is 6.08. The van der Waals surface area contributed by atoms with Crippen molar-refractivity contribution < 1.29 is 5.11 Å². The second kappa shape index (κ2) is 5.73. The summed E-state index contributed by atoms with van der Waals surface area (Å²) in [5.41, 5.74) is 7.48. The van der Waals surface area contributed by atoms with E-state index in [0.29, 0.717) is 0 Å². The van der Waals surface area contributed by atoms with Gasteiger partial charge in [0.2, 0.25) is 0 Å². The van der Waals surface area contributed by atoms with Crippen LogP contribution in [-0.4, -0.2) is 33.0 Å². The SMILES string of the molecule is CC(N)(CO)CCCSc1nc2ccccc2[nH]1. The number of H-pyrrole nitrogens is 1. The first-order valence-corrected chi connectivity index (χ1v) is 7.06. The third-order valence-electron chi connectivity index (χ3n) is 2.86. The minimum absolute atomic E-state index is 0.0301. The van der Waals surface area contributed by atoms with Gasteiger partial charge < -0.3 is 15.8 Å². The Morgan fingerprint density at radius 1 is 1.44 bits per heavy atom. The summed E-state index contributed by atoms with van der Waals surface area (Å²) in [5.74, 6) is 0.951. The number of aromatic nitrogens is 2. The van der Waals surface area contributed by atoms with Gasteiger partial charge in [0.05, 0.1) is 17.6 Å². The highest BCUT2D eigenvalue weighted by Crippen LogP contribution is 2.21. The number of nitrogens with one attached hydrogen (secondary N) is 1. The van der Waals surface area contributed by atoms with Crippen molar-refractivity contribution in [3.63, 3.8) is 0 Å². The highest BCUT2D eigenvalue weighted by atomic mass is 32.2. The van der Waals surface area contributed by atoms with Crippen molar-refractivity contribution in [3.05, 3.63) is 24.3 Å². The Morgan fingerprint density at radius 3 is 2.94 bits per heavy atom. The van der Waals surface area contributed by atoms with E-state index in [1.165, 1.54) is 0 Å². The standard InChI is InChI=1S/C13H19N3OS/c1-13(14,9-17)7-4-8-18-12-15-10-5-2-3-6-11(10)16-12/h2-3,5-6,17H,4,7-9,14H2,1H3,(H,15,16). The molecular weight excluding hydrogens is 246 g/mol. The number of fused-ring (bicyclic) bond motifs is 1. The quantitative estimate of drug-likeness (QED) is 0.552. The van der Waals surface area contributed by atoms with Crippen LogP contribution in [0.25, 0.3) is 11.0 Å². The van der Waals surface area contributed by atoms with Crippen LogP contribution in [0.3, 0.4) is 0 Å². The van der Waals surface area contributed by atoms with Crippen LogP contribution in [0.2, 0.25) is 0 Å². The van der Waals surface area contributed by atoms with E-state index < -0.39 is 5.54 Å². The molecule has 0 fully saturated rings. The molecule has 5 heteroatoms. The Labute approximate surface area is 111 Å². The largest absolute Gasteiger partial charge is 0.394 e. The number of rotatable bonds is 6. The lowest BCUT2D eigenvalue weighted by molar-refractivity contribution is 0.200. The Balaban J connectivity index is 1.83. The topological polar surface area (TPSA) is 74.9 Å². The van der Waals surface area contributed by atoms with E-state index in [0.717, 1.165) is 34.8 Å². The van der Waals surface area contributed by atoms with Gasteiger partial charge in [-0.3, -0.25) is 0 Å². The second-order valence-corrected chi connectivity index (χ2v) is 5.91. The molecule has 1 heterocycles. The van der Waals surface area contributed by atoms with Crippen LogP contribution in [0.5, 0.6) is 0 Å². The molecule has 4 N–H and O–H groups in total. The average molecular weight is 265 g/mol. The van der Waals surface area contributed by atoms with Gasteiger partial charge in [0.1, 0.15) is 0 Å². The van der Waals surface area contributed by atoms with Gasteiger partial charge in [0.25, 0.3) is 0 Å². The lowest BCUT2D eigenvalue weighted by Crippen LogP contribution is -2.40. The van der Waals surface area contributed by atoms with Gasteiger partial charge in [0, 0.05) is 11.3 Å². The Bertz CT molecular complexity index is 477. The minimum atomic E-state index is -0.464. The molecule has 0 amide bonds. The number of aliphatic hydroxyl groups is 1. The molecule has 0 saturated carbocycles. The molecule has 98 valence electrons. The number of para-hydroxylation sites is 2. The third-order valence-corrected chi connectivity index (χ3v) is 3.82. The Hall–Kier alpha value is -1.04. The van der Waals surface area contributed by atoms with Crippen molar-refractivity contribution in [3.8, 4) is 0 Å². The average Bonchev–Trinajstić information content (AvgIpc) is 2.77. The monoisotopic (exact) mass is 265 g/mol. The van der Waals surface area contributed by atoms with E-state index in [4.69, 9.17) is 10.8 Å². The fourth-order valence-corrected chi connectivity index (χ4v) is 2.55. The number of thioether (sulfide) groups is 1. The van der Waals surface area contributed by atoms with E-state index in [9.17, 15) is 0 Å². The molecular formula is C13H19N3OS. The summed E-state index contributed by atoms with van der Waals surface area (Å²) in [4.78, 5) is 7.77. The predicted molar refractivity (Wildman–Crippen MR) is 75.7 cm³/mol. The van der Waals surface area contributed by atoms with Crippen LogP contribution >= 0.6 is 11.8 Å². The molecule has 0 aliphatic carbocycles. The molecule has 1 aromatic carbocycles. The number of aliphatic hydroxyl groups excluding tert-OH is 1. The zero-order valence-corrected chi connectivity index (χ0v) is 11.3. The molecule has 0 aliphatic heterocycles. The Morgan fingerprint density at radius 2 is 2.22 bits per heavy atom. The van der Waals surface area contributed by atoms with E-state index in [1.807, 2.05) is 31.2 Å². The highest BCUT2D eigenvalue weighted by Gasteiger charge is 2.16. The first kappa shape index (κ1) is 13.4. The Kier molecular flexibility index (Phi) is 4.27. The molecule has 1 aromatic heterocycles. The number of imidazole rings is 1. The minimum Gasteiger partial charge on any atom is -0.394 e. The van der Waals surface area contributed by atoms with Gasteiger partial charge in [-0.1, -0.05) is 23.9 Å². The number of benzene rings is 1. The van der Waals surface area contributed by atoms with Gasteiger partial charge in [-0.2, -0.15) is 0 Å².